The number of nitrogens with zero attached hydrogens (tertiary/aromatic N) is 3. The van der Waals surface area contributed by atoms with Crippen molar-refractivity contribution in [1.29, 1.82) is 0 Å². The number of anilines is 1. The van der Waals surface area contributed by atoms with Crippen LogP contribution in [0.5, 0.6) is 0 Å². The normalized spacial score (nSPS) is 11.4. The van der Waals surface area contributed by atoms with Crippen molar-refractivity contribution in [2.24, 2.45) is 7.05 Å². The topological polar surface area (TPSA) is 33.1 Å². The first-order chi connectivity index (χ1) is 9.88. The van der Waals surface area contributed by atoms with Crippen molar-refractivity contribution in [3.63, 3.8) is 0 Å². The molecule has 0 spiro atoms. The highest BCUT2D eigenvalue weighted by Gasteiger charge is 2.17. The van der Waals surface area contributed by atoms with Crippen LogP contribution in [0.2, 0.25) is 0 Å². The fourth-order valence-corrected chi connectivity index (χ4v) is 3.93. The second-order valence-electron chi connectivity index (χ2n) is 5.63. The lowest BCUT2D eigenvalue weighted by Crippen LogP contribution is -2.25. The zero-order valence-electron chi connectivity index (χ0n) is 13.3. The number of hydrogen-bond donors (Lipinski definition) is 1. The Morgan fingerprint density at radius 3 is 2.76 bits per heavy atom. The molecule has 0 saturated carbocycles. The van der Waals surface area contributed by atoms with E-state index in [1.807, 2.05) is 11.7 Å². The average molecular weight is 371 g/mol. The largest absolute Gasteiger partial charge is 0.354 e. The third-order valence-electron chi connectivity index (χ3n) is 3.38. The molecule has 4 nitrogen and oxygen atoms in total. The summed E-state index contributed by atoms with van der Waals surface area (Å²) in [5, 5.41) is 10.2. The van der Waals surface area contributed by atoms with Crippen LogP contribution in [0.3, 0.4) is 0 Å². The molecule has 0 fully saturated rings. The van der Waals surface area contributed by atoms with Gasteiger partial charge >= 0.3 is 0 Å². The minimum absolute atomic E-state index is 0.469. The van der Waals surface area contributed by atoms with Crippen molar-refractivity contribution in [1.82, 2.24) is 15.1 Å². The number of aryl methyl sites for hydroxylation is 2. The quantitative estimate of drug-likeness (QED) is 0.841. The summed E-state index contributed by atoms with van der Waals surface area (Å²) in [4.78, 5) is 3.61. The van der Waals surface area contributed by atoms with Crippen LogP contribution >= 0.6 is 27.3 Å². The molecule has 0 radical (unpaired) electrons. The van der Waals surface area contributed by atoms with Gasteiger partial charge in [0.05, 0.1) is 12.2 Å². The van der Waals surface area contributed by atoms with Gasteiger partial charge in [-0.05, 0) is 28.9 Å². The highest BCUT2D eigenvalue weighted by molar-refractivity contribution is 9.10. The molecule has 0 aliphatic rings. The molecule has 2 heterocycles. The Labute approximate surface area is 139 Å². The molecule has 0 atom stereocenters. The molecule has 2 aromatic rings. The van der Waals surface area contributed by atoms with Gasteiger partial charge < -0.3 is 10.2 Å². The molecule has 2 rings (SSSR count). The predicted octanol–water partition coefficient (Wildman–Crippen LogP) is 3.69. The van der Waals surface area contributed by atoms with Gasteiger partial charge in [0.15, 0.2) is 0 Å². The maximum Gasteiger partial charge on any atom is 0.131 e. The van der Waals surface area contributed by atoms with Crippen molar-refractivity contribution < 1.29 is 0 Å². The van der Waals surface area contributed by atoms with E-state index in [1.165, 1.54) is 16.3 Å². The molecule has 0 aromatic carbocycles. The number of hydrogen-bond acceptors (Lipinski definition) is 4. The van der Waals surface area contributed by atoms with E-state index in [-0.39, 0.29) is 0 Å². The number of halogens is 1. The SMILES string of the molecule is Cc1nn(C)c(N(C)Cc2cc(Br)cs2)c1CNC(C)C. The minimum atomic E-state index is 0.469. The average Bonchev–Trinajstić information content (AvgIpc) is 2.90. The number of thiophene rings is 1. The van der Waals surface area contributed by atoms with Gasteiger partial charge in [-0.25, -0.2) is 0 Å². The highest BCUT2D eigenvalue weighted by Crippen LogP contribution is 2.26. The summed E-state index contributed by atoms with van der Waals surface area (Å²) in [6.07, 6.45) is 0. The summed E-state index contributed by atoms with van der Waals surface area (Å²) in [5.41, 5.74) is 2.38. The van der Waals surface area contributed by atoms with Crippen molar-refractivity contribution in [3.8, 4) is 0 Å². The maximum atomic E-state index is 4.59. The molecule has 0 amide bonds. The Hall–Kier alpha value is -0.850. The van der Waals surface area contributed by atoms with E-state index < -0.39 is 0 Å². The first-order valence-electron chi connectivity index (χ1n) is 7.08. The molecule has 2 aromatic heterocycles. The van der Waals surface area contributed by atoms with E-state index in [2.05, 4.69) is 70.5 Å². The first-order valence-corrected chi connectivity index (χ1v) is 8.75. The Morgan fingerprint density at radius 1 is 1.48 bits per heavy atom. The summed E-state index contributed by atoms with van der Waals surface area (Å²) in [6, 6.07) is 2.65. The molecule has 0 aliphatic carbocycles. The van der Waals surface area contributed by atoms with Crippen LogP contribution in [0.1, 0.15) is 30.0 Å². The lowest BCUT2D eigenvalue weighted by molar-refractivity contribution is 0.586. The van der Waals surface area contributed by atoms with Crippen LogP contribution in [0.15, 0.2) is 15.9 Å². The summed E-state index contributed by atoms with van der Waals surface area (Å²) in [5.74, 6) is 1.19. The Balaban J connectivity index is 2.20. The lowest BCUT2D eigenvalue weighted by atomic mass is 10.2. The van der Waals surface area contributed by atoms with Crippen molar-refractivity contribution >= 4 is 33.1 Å². The van der Waals surface area contributed by atoms with Crippen molar-refractivity contribution in [2.75, 3.05) is 11.9 Å². The highest BCUT2D eigenvalue weighted by atomic mass is 79.9. The second-order valence-corrected chi connectivity index (χ2v) is 7.55. The molecular formula is C15H23BrN4S. The molecular weight excluding hydrogens is 348 g/mol. The van der Waals surface area contributed by atoms with Gasteiger partial charge in [-0.15, -0.1) is 11.3 Å². The molecule has 0 aliphatic heterocycles. The van der Waals surface area contributed by atoms with Gasteiger partial charge in [-0.2, -0.15) is 5.10 Å². The molecule has 6 heteroatoms. The molecule has 0 bridgehead atoms. The number of nitrogens with one attached hydrogen (secondary N) is 1. The zero-order chi connectivity index (χ0) is 15.6. The van der Waals surface area contributed by atoms with Gasteiger partial charge in [0.2, 0.25) is 0 Å². The molecule has 0 unspecified atom stereocenters. The van der Waals surface area contributed by atoms with Crippen LogP contribution < -0.4 is 10.2 Å². The fraction of sp³-hybridized carbons (Fsp3) is 0.533. The maximum absolute atomic E-state index is 4.59. The number of rotatable bonds is 6. The van der Waals surface area contributed by atoms with Crippen LogP contribution in [0, 0.1) is 6.92 Å². The first kappa shape index (κ1) is 16.5. The Bertz CT molecular complexity index is 603. The fourth-order valence-electron chi connectivity index (χ4n) is 2.43. The van der Waals surface area contributed by atoms with Crippen molar-refractivity contribution in [3.05, 3.63) is 32.1 Å². The summed E-state index contributed by atoms with van der Waals surface area (Å²) in [6.45, 7) is 8.15. The van der Waals surface area contributed by atoms with E-state index in [1.54, 1.807) is 11.3 Å². The zero-order valence-corrected chi connectivity index (χ0v) is 15.7. The third-order valence-corrected chi connectivity index (χ3v) is 5.06. The van der Waals surface area contributed by atoms with Crippen LogP contribution in [0.25, 0.3) is 0 Å². The second kappa shape index (κ2) is 6.94. The van der Waals surface area contributed by atoms with Gasteiger partial charge in [-0.3, -0.25) is 4.68 Å². The standard InChI is InChI=1S/C15H23BrN4S/c1-10(2)17-7-14-11(3)18-20(5)15(14)19(4)8-13-6-12(16)9-21-13/h6,9-10,17H,7-8H2,1-5H3. The van der Waals surface area contributed by atoms with Crippen LogP contribution in [0.4, 0.5) is 5.82 Å². The molecule has 1 N–H and O–H groups in total. The summed E-state index contributed by atoms with van der Waals surface area (Å²) < 4.78 is 3.13. The molecule has 0 saturated heterocycles. The smallest absolute Gasteiger partial charge is 0.131 e. The Morgan fingerprint density at radius 2 is 2.19 bits per heavy atom. The molecule has 116 valence electrons. The Kier molecular flexibility index (Phi) is 5.46. The van der Waals surface area contributed by atoms with E-state index in [0.717, 1.165) is 23.3 Å². The third kappa shape index (κ3) is 4.08. The van der Waals surface area contributed by atoms with Crippen molar-refractivity contribution in [2.45, 2.75) is 39.9 Å². The van der Waals surface area contributed by atoms with E-state index >= 15 is 0 Å². The molecule has 21 heavy (non-hydrogen) atoms. The monoisotopic (exact) mass is 370 g/mol. The van der Waals surface area contributed by atoms with Gasteiger partial charge in [0.25, 0.3) is 0 Å². The van der Waals surface area contributed by atoms with E-state index in [0.29, 0.717) is 6.04 Å². The number of aromatic nitrogens is 2. The van der Waals surface area contributed by atoms with E-state index in [9.17, 15) is 0 Å². The van der Waals surface area contributed by atoms with Crippen LogP contribution in [-0.4, -0.2) is 22.9 Å². The summed E-state index contributed by atoms with van der Waals surface area (Å²) in [7, 11) is 4.14. The summed E-state index contributed by atoms with van der Waals surface area (Å²) >= 11 is 5.29. The van der Waals surface area contributed by atoms with Gasteiger partial charge in [0.1, 0.15) is 5.82 Å². The van der Waals surface area contributed by atoms with Gasteiger partial charge in [0, 0.05) is 47.0 Å². The van der Waals surface area contributed by atoms with Crippen LogP contribution in [-0.2, 0) is 20.1 Å². The van der Waals surface area contributed by atoms with Gasteiger partial charge in [-0.1, -0.05) is 13.8 Å². The lowest BCUT2D eigenvalue weighted by Gasteiger charge is -2.21. The van der Waals surface area contributed by atoms with E-state index in [4.69, 9.17) is 0 Å². The predicted molar refractivity (Wildman–Crippen MR) is 94.0 cm³/mol. The minimum Gasteiger partial charge on any atom is -0.354 e.